The molecule has 2 N–H and O–H groups in total. The van der Waals surface area contributed by atoms with Crippen molar-refractivity contribution >= 4 is 33.0 Å². The van der Waals surface area contributed by atoms with Crippen LogP contribution in [0.5, 0.6) is 0 Å². The van der Waals surface area contributed by atoms with E-state index in [0.29, 0.717) is 5.56 Å². The minimum absolute atomic E-state index is 0.0266. The number of oxazole rings is 1. The van der Waals surface area contributed by atoms with Gasteiger partial charge in [0.1, 0.15) is 0 Å². The van der Waals surface area contributed by atoms with E-state index in [-0.39, 0.29) is 38.2 Å². The summed E-state index contributed by atoms with van der Waals surface area (Å²) in [4.78, 5) is 4.17. The van der Waals surface area contributed by atoms with Gasteiger partial charge in [0.25, 0.3) is 0 Å². The molecule has 0 saturated carbocycles. The van der Waals surface area contributed by atoms with Crippen molar-refractivity contribution in [1.29, 1.82) is 0 Å². The molecule has 2 aromatic carbocycles. The average Bonchev–Trinajstić information content (AvgIpc) is 3.02. The van der Waals surface area contributed by atoms with Crippen molar-refractivity contribution in [2.24, 2.45) is 5.73 Å². The van der Waals surface area contributed by atoms with Gasteiger partial charge < -0.3 is 10.2 Å². The second-order valence-electron chi connectivity index (χ2n) is 5.35. The number of nitrogens with two attached hydrogens (primary N) is 1. The van der Waals surface area contributed by atoms with Crippen LogP contribution in [0.25, 0.3) is 11.5 Å². The molecule has 0 unspecified atom stereocenters. The number of aryl methyl sites for hydroxylation is 1. The Bertz CT molecular complexity index is 1050. The number of benzene rings is 2. The minimum Gasteiger partial charge on any atom is -0.438 e. The molecule has 0 radical (unpaired) electrons. The summed E-state index contributed by atoms with van der Waals surface area (Å²) in [6, 6.07) is 11.4. The second-order valence-corrected chi connectivity index (χ2v) is 8.03. The Labute approximate surface area is 155 Å². The first-order valence-corrected chi connectivity index (χ1v) is 9.54. The lowest BCUT2D eigenvalue weighted by molar-refractivity contribution is 0.510. The van der Waals surface area contributed by atoms with Crippen LogP contribution in [-0.4, -0.2) is 13.4 Å². The Balaban J connectivity index is 2.16. The van der Waals surface area contributed by atoms with Gasteiger partial charge in [-0.2, -0.15) is 4.98 Å². The quantitative estimate of drug-likeness (QED) is 0.711. The van der Waals surface area contributed by atoms with Crippen LogP contribution in [0.1, 0.15) is 11.3 Å². The van der Waals surface area contributed by atoms with E-state index in [2.05, 4.69) is 4.98 Å². The Morgan fingerprint density at radius 3 is 2.48 bits per heavy atom. The summed E-state index contributed by atoms with van der Waals surface area (Å²) < 4.78 is 31.5. The third-order valence-electron chi connectivity index (χ3n) is 3.68. The third-order valence-corrected chi connectivity index (χ3v) is 6.12. The maximum absolute atomic E-state index is 12.9. The van der Waals surface area contributed by atoms with E-state index in [0.717, 1.165) is 5.56 Å². The predicted molar refractivity (Wildman–Crippen MR) is 96.5 cm³/mol. The summed E-state index contributed by atoms with van der Waals surface area (Å²) >= 11 is 11.8. The number of hydrogen-bond acceptors (Lipinski definition) is 5. The summed E-state index contributed by atoms with van der Waals surface area (Å²) in [6.07, 6.45) is 0. The highest BCUT2D eigenvalue weighted by Crippen LogP contribution is 2.32. The molecule has 130 valence electrons. The van der Waals surface area contributed by atoms with Crippen LogP contribution in [0, 0.1) is 6.92 Å². The summed E-state index contributed by atoms with van der Waals surface area (Å²) in [5, 5.41) is 0.187. The molecule has 1 heterocycles. The highest BCUT2D eigenvalue weighted by Gasteiger charge is 2.28. The van der Waals surface area contributed by atoms with Gasteiger partial charge in [0.2, 0.25) is 20.8 Å². The first-order valence-electron chi connectivity index (χ1n) is 7.30. The first kappa shape index (κ1) is 17.9. The molecule has 0 spiro atoms. The Kier molecular flexibility index (Phi) is 4.88. The monoisotopic (exact) mass is 396 g/mol. The van der Waals surface area contributed by atoms with Gasteiger partial charge in [-0.05, 0) is 36.8 Å². The fourth-order valence-electron chi connectivity index (χ4n) is 2.36. The van der Waals surface area contributed by atoms with Crippen LogP contribution < -0.4 is 5.73 Å². The van der Waals surface area contributed by atoms with Gasteiger partial charge in [0, 0.05) is 5.56 Å². The van der Waals surface area contributed by atoms with E-state index in [9.17, 15) is 8.42 Å². The molecule has 3 aromatic rings. The number of nitrogens with zero attached hydrogens (tertiary/aromatic N) is 1. The molecule has 1 aromatic heterocycles. The van der Waals surface area contributed by atoms with Crippen LogP contribution in [0.15, 0.2) is 56.8 Å². The van der Waals surface area contributed by atoms with E-state index in [1.807, 2.05) is 25.1 Å². The lowest BCUT2D eigenvalue weighted by atomic mass is 10.1. The molecule has 5 nitrogen and oxygen atoms in total. The van der Waals surface area contributed by atoms with Gasteiger partial charge in [-0.1, -0.05) is 41.4 Å². The molecule has 25 heavy (non-hydrogen) atoms. The molecule has 3 rings (SSSR count). The molecule has 0 atom stereocenters. The van der Waals surface area contributed by atoms with Crippen LogP contribution in [-0.2, 0) is 16.4 Å². The van der Waals surface area contributed by atoms with Gasteiger partial charge in [-0.25, -0.2) is 8.42 Å². The van der Waals surface area contributed by atoms with E-state index in [1.54, 1.807) is 6.07 Å². The number of halogens is 2. The number of aromatic nitrogens is 1. The molecule has 0 aliphatic rings. The van der Waals surface area contributed by atoms with Crippen molar-refractivity contribution in [3.05, 3.63) is 63.8 Å². The van der Waals surface area contributed by atoms with Crippen molar-refractivity contribution in [1.82, 2.24) is 4.98 Å². The van der Waals surface area contributed by atoms with Gasteiger partial charge in [0.15, 0.2) is 5.76 Å². The predicted octanol–water partition coefficient (Wildman–Crippen LogP) is 4.25. The third kappa shape index (κ3) is 3.30. The fraction of sp³-hybridized carbons (Fsp3) is 0.118. The summed E-state index contributed by atoms with van der Waals surface area (Å²) in [6.45, 7) is 1.78. The molecular weight excluding hydrogens is 383 g/mol. The van der Waals surface area contributed by atoms with Gasteiger partial charge in [-0.3, -0.25) is 0 Å². The number of sulfone groups is 1. The number of rotatable bonds is 4. The largest absolute Gasteiger partial charge is 0.438 e. The summed E-state index contributed by atoms with van der Waals surface area (Å²) in [5.41, 5.74) is 7.27. The molecule has 0 amide bonds. The molecular formula is C17H14Cl2N2O3S. The molecule has 0 aliphatic carbocycles. The molecule has 0 aliphatic heterocycles. The normalized spacial score (nSPS) is 11.7. The van der Waals surface area contributed by atoms with Gasteiger partial charge in [-0.15, -0.1) is 0 Å². The van der Waals surface area contributed by atoms with E-state index in [1.165, 1.54) is 18.2 Å². The first-order chi connectivity index (χ1) is 11.8. The van der Waals surface area contributed by atoms with E-state index >= 15 is 0 Å². The molecule has 8 heteroatoms. The zero-order valence-corrected chi connectivity index (χ0v) is 15.5. The molecule has 0 bridgehead atoms. The molecule has 0 saturated heterocycles. The highest BCUT2D eigenvalue weighted by atomic mass is 35.5. The Morgan fingerprint density at radius 2 is 1.84 bits per heavy atom. The van der Waals surface area contributed by atoms with Crippen molar-refractivity contribution in [2.45, 2.75) is 23.4 Å². The van der Waals surface area contributed by atoms with Crippen LogP contribution in [0.4, 0.5) is 0 Å². The minimum atomic E-state index is -3.95. The lowest BCUT2D eigenvalue weighted by Crippen LogP contribution is -2.08. The Hall–Kier alpha value is -1.86. The summed E-state index contributed by atoms with van der Waals surface area (Å²) in [7, 11) is -3.95. The smallest absolute Gasteiger partial charge is 0.227 e. The maximum Gasteiger partial charge on any atom is 0.227 e. The lowest BCUT2D eigenvalue weighted by Gasteiger charge is -2.04. The van der Waals surface area contributed by atoms with Crippen molar-refractivity contribution in [2.75, 3.05) is 0 Å². The van der Waals surface area contributed by atoms with Crippen LogP contribution in [0.2, 0.25) is 10.0 Å². The zero-order valence-electron chi connectivity index (χ0n) is 13.2. The van der Waals surface area contributed by atoms with E-state index < -0.39 is 9.84 Å². The average molecular weight is 397 g/mol. The van der Waals surface area contributed by atoms with E-state index in [4.69, 9.17) is 33.4 Å². The molecule has 0 fully saturated rings. The van der Waals surface area contributed by atoms with Crippen molar-refractivity contribution in [3.8, 4) is 11.5 Å². The zero-order chi connectivity index (χ0) is 18.2. The number of hydrogen-bond donors (Lipinski definition) is 1. The van der Waals surface area contributed by atoms with Gasteiger partial charge in [0.05, 0.1) is 21.5 Å². The standard InChI is InChI=1S/C17H14Cl2N2O3S/c1-10-4-2-3-5-12(10)16-21-17(15(9-20)24-16)25(22,23)11-6-7-13(18)14(19)8-11/h2-8H,9,20H2,1H3. The van der Waals surface area contributed by atoms with Crippen LogP contribution in [0.3, 0.4) is 0 Å². The maximum atomic E-state index is 12.9. The summed E-state index contributed by atoms with van der Waals surface area (Å²) in [5.74, 6) is 0.293. The fourth-order valence-corrected chi connectivity index (χ4v) is 4.09. The van der Waals surface area contributed by atoms with Gasteiger partial charge >= 0.3 is 0 Å². The van der Waals surface area contributed by atoms with Crippen LogP contribution >= 0.6 is 23.2 Å². The highest BCUT2D eigenvalue weighted by molar-refractivity contribution is 7.91. The Morgan fingerprint density at radius 1 is 1.12 bits per heavy atom. The topological polar surface area (TPSA) is 86.2 Å². The van der Waals surface area contributed by atoms with Crippen molar-refractivity contribution < 1.29 is 12.8 Å². The SMILES string of the molecule is Cc1ccccc1-c1nc(S(=O)(=O)c2ccc(Cl)c(Cl)c2)c(CN)o1. The second kappa shape index (κ2) is 6.80. The van der Waals surface area contributed by atoms with Crippen molar-refractivity contribution in [3.63, 3.8) is 0 Å².